The number of nitrogens with zero attached hydrogens (tertiary/aromatic N) is 2. The second-order valence-corrected chi connectivity index (χ2v) is 9.53. The van der Waals surface area contributed by atoms with E-state index in [1.807, 2.05) is 0 Å². The molecule has 0 N–H and O–H groups in total. The van der Waals surface area contributed by atoms with Gasteiger partial charge in [-0.2, -0.15) is 4.31 Å². The van der Waals surface area contributed by atoms with Gasteiger partial charge in [-0.15, -0.1) is 0 Å². The lowest BCUT2D eigenvalue weighted by molar-refractivity contribution is -0.138. The van der Waals surface area contributed by atoms with Gasteiger partial charge in [-0.05, 0) is 48.4 Å². The molecule has 4 rings (SSSR count). The normalized spacial score (nSPS) is 20.1. The first-order valence-electron chi connectivity index (χ1n) is 9.30. The molecule has 0 aromatic heterocycles. The lowest BCUT2D eigenvalue weighted by Gasteiger charge is -2.36. The van der Waals surface area contributed by atoms with Gasteiger partial charge in [-0.25, -0.2) is 12.8 Å². The van der Waals surface area contributed by atoms with Gasteiger partial charge in [0.25, 0.3) is 0 Å². The lowest BCUT2D eigenvalue weighted by Crippen LogP contribution is -2.52. The van der Waals surface area contributed by atoms with Crippen molar-refractivity contribution < 1.29 is 22.3 Å². The molecule has 2 aliphatic rings. The highest BCUT2D eigenvalue weighted by Gasteiger charge is 2.34. The summed E-state index contributed by atoms with van der Waals surface area (Å²) in [6, 6.07) is 10.3. The molecule has 1 fully saturated rings. The highest BCUT2D eigenvalue weighted by molar-refractivity contribution is 7.89. The molecule has 2 aromatic carbocycles. The van der Waals surface area contributed by atoms with Crippen LogP contribution in [0.4, 0.5) is 4.39 Å². The molecule has 0 radical (unpaired) electrons. The molecule has 0 aliphatic carbocycles. The molecule has 2 heterocycles. The monoisotopic (exact) mass is 438 g/mol. The minimum Gasteiger partial charge on any atom is -0.492 e. The Balaban J connectivity index is 1.40. The highest BCUT2D eigenvalue weighted by Crippen LogP contribution is 2.31. The van der Waals surface area contributed by atoms with E-state index < -0.39 is 15.8 Å². The molecule has 2 aliphatic heterocycles. The third kappa shape index (κ3) is 4.10. The van der Waals surface area contributed by atoms with E-state index in [1.165, 1.54) is 22.5 Å². The summed E-state index contributed by atoms with van der Waals surface area (Å²) < 4.78 is 45.8. The number of hydrogen-bond acceptors (Lipinski definition) is 4. The summed E-state index contributed by atoms with van der Waals surface area (Å²) >= 11 is 6.03. The summed E-state index contributed by atoms with van der Waals surface area (Å²) in [7, 11) is -3.79. The smallest absolute Gasteiger partial charge is 0.243 e. The Kier molecular flexibility index (Phi) is 5.50. The minimum atomic E-state index is -3.79. The number of piperazine rings is 1. The van der Waals surface area contributed by atoms with E-state index in [4.69, 9.17) is 16.3 Å². The molecule has 0 saturated carbocycles. The van der Waals surface area contributed by atoms with Gasteiger partial charge in [-0.1, -0.05) is 17.7 Å². The topological polar surface area (TPSA) is 66.9 Å². The molecule has 0 bridgehead atoms. The van der Waals surface area contributed by atoms with Gasteiger partial charge in [0, 0.05) is 31.2 Å². The van der Waals surface area contributed by atoms with Crippen LogP contribution in [0.25, 0.3) is 0 Å². The summed E-state index contributed by atoms with van der Waals surface area (Å²) in [4.78, 5) is 14.5. The molecule has 2 aromatic rings. The number of ether oxygens (including phenoxy) is 1. The number of halogens is 2. The van der Waals surface area contributed by atoms with Crippen LogP contribution in [0.5, 0.6) is 5.75 Å². The van der Waals surface area contributed by atoms with Crippen molar-refractivity contribution in [2.45, 2.75) is 11.3 Å². The number of carbonyl (C=O) groups is 1. The van der Waals surface area contributed by atoms with Crippen molar-refractivity contribution in [1.29, 1.82) is 0 Å². The molecule has 1 atom stereocenters. The van der Waals surface area contributed by atoms with E-state index in [9.17, 15) is 17.6 Å². The predicted octanol–water partition coefficient (Wildman–Crippen LogP) is 2.56. The van der Waals surface area contributed by atoms with E-state index in [0.29, 0.717) is 11.4 Å². The summed E-state index contributed by atoms with van der Waals surface area (Å²) in [6.45, 7) is 1.19. The standard InChI is InChI=1S/C20H20ClFN2O4S/c21-16-4-5-19-14(11-16)10-15(13-28-19)20(25)23-6-8-24(9-7-23)29(26,27)18-3-1-2-17(22)12-18/h1-5,11-12,15H,6-10,13H2. The first-order chi connectivity index (χ1) is 13.8. The largest absolute Gasteiger partial charge is 0.492 e. The van der Waals surface area contributed by atoms with Crippen molar-refractivity contribution in [3.8, 4) is 5.75 Å². The van der Waals surface area contributed by atoms with Crippen molar-refractivity contribution in [3.05, 3.63) is 58.9 Å². The van der Waals surface area contributed by atoms with Crippen LogP contribution in [0.1, 0.15) is 5.56 Å². The van der Waals surface area contributed by atoms with Crippen LogP contribution in [-0.4, -0.2) is 56.3 Å². The van der Waals surface area contributed by atoms with E-state index in [0.717, 1.165) is 17.4 Å². The van der Waals surface area contributed by atoms with Gasteiger partial charge in [0.15, 0.2) is 0 Å². The Labute approximate surface area is 173 Å². The molecule has 154 valence electrons. The molecule has 1 amide bonds. The van der Waals surface area contributed by atoms with E-state index in [-0.39, 0.29) is 49.5 Å². The minimum absolute atomic E-state index is 0.0570. The number of sulfonamides is 1. The lowest BCUT2D eigenvalue weighted by atomic mass is 9.95. The van der Waals surface area contributed by atoms with Crippen LogP contribution in [0.3, 0.4) is 0 Å². The molecule has 0 spiro atoms. The SMILES string of the molecule is O=C(C1COc2ccc(Cl)cc2C1)N1CCN(S(=O)(=O)c2cccc(F)c2)CC1. The Morgan fingerprint density at radius 3 is 2.59 bits per heavy atom. The van der Waals surface area contributed by atoms with Crippen molar-refractivity contribution in [2.24, 2.45) is 5.92 Å². The highest BCUT2D eigenvalue weighted by atomic mass is 35.5. The Bertz CT molecular complexity index is 1040. The number of rotatable bonds is 3. The molecule has 1 unspecified atom stereocenters. The molecule has 29 heavy (non-hydrogen) atoms. The second-order valence-electron chi connectivity index (χ2n) is 7.15. The fourth-order valence-corrected chi connectivity index (χ4v) is 5.35. The average Bonchev–Trinajstić information content (AvgIpc) is 2.72. The number of hydrogen-bond donors (Lipinski definition) is 0. The summed E-state index contributed by atoms with van der Waals surface area (Å²) in [5.74, 6) is -0.243. The maximum absolute atomic E-state index is 13.4. The van der Waals surface area contributed by atoms with Crippen molar-refractivity contribution in [1.82, 2.24) is 9.21 Å². The maximum atomic E-state index is 13.4. The van der Waals surface area contributed by atoms with Crippen molar-refractivity contribution in [2.75, 3.05) is 32.8 Å². The van der Waals surface area contributed by atoms with Crippen LogP contribution < -0.4 is 4.74 Å². The fourth-order valence-electron chi connectivity index (χ4n) is 3.71. The third-order valence-electron chi connectivity index (χ3n) is 5.26. The zero-order chi connectivity index (χ0) is 20.6. The average molecular weight is 439 g/mol. The second kappa shape index (κ2) is 7.93. The van der Waals surface area contributed by atoms with E-state index in [2.05, 4.69) is 0 Å². The van der Waals surface area contributed by atoms with Gasteiger partial charge >= 0.3 is 0 Å². The Morgan fingerprint density at radius 2 is 1.86 bits per heavy atom. The predicted molar refractivity (Wildman–Crippen MR) is 106 cm³/mol. The van der Waals surface area contributed by atoms with Gasteiger partial charge in [0.2, 0.25) is 15.9 Å². The van der Waals surface area contributed by atoms with Crippen LogP contribution in [0.2, 0.25) is 5.02 Å². The summed E-state index contributed by atoms with van der Waals surface area (Å²) in [5, 5.41) is 0.594. The van der Waals surface area contributed by atoms with Gasteiger partial charge in [0.1, 0.15) is 18.2 Å². The fraction of sp³-hybridized carbons (Fsp3) is 0.350. The van der Waals surface area contributed by atoms with Crippen molar-refractivity contribution in [3.63, 3.8) is 0 Å². The Morgan fingerprint density at radius 1 is 1.10 bits per heavy atom. The molecule has 9 heteroatoms. The molecule has 6 nitrogen and oxygen atoms in total. The van der Waals surface area contributed by atoms with E-state index >= 15 is 0 Å². The molecule has 1 saturated heterocycles. The number of amides is 1. The van der Waals surface area contributed by atoms with Crippen LogP contribution in [0.15, 0.2) is 47.4 Å². The van der Waals surface area contributed by atoms with Gasteiger partial charge in [-0.3, -0.25) is 4.79 Å². The van der Waals surface area contributed by atoms with Crippen molar-refractivity contribution >= 4 is 27.5 Å². The number of fused-ring (bicyclic) bond motifs is 1. The third-order valence-corrected chi connectivity index (χ3v) is 7.39. The summed E-state index contributed by atoms with van der Waals surface area (Å²) in [6.07, 6.45) is 0.538. The zero-order valence-corrected chi connectivity index (χ0v) is 17.1. The number of benzene rings is 2. The zero-order valence-electron chi connectivity index (χ0n) is 15.6. The van der Waals surface area contributed by atoms with Crippen LogP contribution in [0, 0.1) is 11.7 Å². The number of carbonyl (C=O) groups excluding carboxylic acids is 1. The quantitative estimate of drug-likeness (QED) is 0.738. The summed E-state index contributed by atoms with van der Waals surface area (Å²) in [5.41, 5.74) is 0.898. The van der Waals surface area contributed by atoms with Gasteiger partial charge in [0.05, 0.1) is 10.8 Å². The van der Waals surface area contributed by atoms with Crippen LogP contribution in [-0.2, 0) is 21.2 Å². The Hall–Kier alpha value is -2.16. The van der Waals surface area contributed by atoms with E-state index in [1.54, 1.807) is 23.1 Å². The van der Waals surface area contributed by atoms with Gasteiger partial charge < -0.3 is 9.64 Å². The molecular formula is C20H20ClFN2O4S. The van der Waals surface area contributed by atoms with Crippen LogP contribution >= 0.6 is 11.6 Å². The first-order valence-corrected chi connectivity index (χ1v) is 11.1. The first kappa shape index (κ1) is 20.1. The molecular weight excluding hydrogens is 419 g/mol. The maximum Gasteiger partial charge on any atom is 0.243 e.